The summed E-state index contributed by atoms with van der Waals surface area (Å²) in [7, 11) is 3.17. The lowest BCUT2D eigenvalue weighted by atomic mass is 10.2. The summed E-state index contributed by atoms with van der Waals surface area (Å²) in [6, 6.07) is 7.51. The Morgan fingerprint density at radius 3 is 2.85 bits per heavy atom. The number of anilines is 1. The molecule has 138 valence electrons. The number of ether oxygens (including phenoxy) is 1. The zero-order chi connectivity index (χ0) is 18.8. The molecule has 0 aliphatic rings. The minimum absolute atomic E-state index is 0.0515. The number of nitrogens with zero attached hydrogens (tertiary/aromatic N) is 3. The van der Waals surface area contributed by atoms with E-state index < -0.39 is 17.4 Å². The van der Waals surface area contributed by atoms with Crippen LogP contribution in [0.3, 0.4) is 0 Å². The van der Waals surface area contributed by atoms with Crippen LogP contribution in [0.5, 0.6) is 5.75 Å². The van der Waals surface area contributed by atoms with E-state index in [9.17, 15) is 14.7 Å². The number of aryl methyl sites for hydroxylation is 2. The van der Waals surface area contributed by atoms with Gasteiger partial charge in [-0.2, -0.15) is 4.98 Å². The Balaban J connectivity index is 1.87. The van der Waals surface area contributed by atoms with Crippen molar-refractivity contribution in [2.75, 3.05) is 19.0 Å². The van der Waals surface area contributed by atoms with Crippen LogP contribution < -0.4 is 21.3 Å². The molecular formula is C17H21N5O4. The normalized spacial score (nSPS) is 12.3. The third kappa shape index (κ3) is 3.33. The molecule has 26 heavy (non-hydrogen) atoms. The summed E-state index contributed by atoms with van der Waals surface area (Å²) in [5.41, 5.74) is 0.422. The second-order valence-electron chi connectivity index (χ2n) is 6.07. The number of aliphatic hydroxyl groups excluding tert-OH is 1. The fourth-order valence-electron chi connectivity index (χ4n) is 2.76. The first-order valence-corrected chi connectivity index (χ1v) is 8.15. The van der Waals surface area contributed by atoms with Gasteiger partial charge in [-0.15, -0.1) is 0 Å². The van der Waals surface area contributed by atoms with Crippen LogP contribution in [-0.4, -0.2) is 44.0 Å². The zero-order valence-corrected chi connectivity index (χ0v) is 14.8. The van der Waals surface area contributed by atoms with Crippen LogP contribution in [0.2, 0.25) is 0 Å². The van der Waals surface area contributed by atoms with Gasteiger partial charge < -0.3 is 19.7 Å². The van der Waals surface area contributed by atoms with E-state index in [0.29, 0.717) is 11.7 Å². The second-order valence-corrected chi connectivity index (χ2v) is 6.07. The fraction of sp³-hybridized carbons (Fsp3) is 0.353. The van der Waals surface area contributed by atoms with E-state index in [-0.39, 0.29) is 24.3 Å². The Hall–Kier alpha value is -3.07. The topological polar surface area (TPSA) is 114 Å². The van der Waals surface area contributed by atoms with E-state index in [0.717, 1.165) is 5.56 Å². The van der Waals surface area contributed by atoms with Gasteiger partial charge in [0.25, 0.3) is 5.56 Å². The molecule has 9 heteroatoms. The first-order chi connectivity index (χ1) is 12.4. The molecular weight excluding hydrogens is 338 g/mol. The fourth-order valence-corrected chi connectivity index (χ4v) is 2.76. The van der Waals surface area contributed by atoms with E-state index in [1.807, 2.05) is 31.2 Å². The van der Waals surface area contributed by atoms with Gasteiger partial charge in [0.05, 0.1) is 6.54 Å². The third-order valence-electron chi connectivity index (χ3n) is 4.06. The average Bonchev–Trinajstić information content (AvgIpc) is 2.97. The lowest BCUT2D eigenvalue weighted by Gasteiger charge is -2.15. The highest BCUT2D eigenvalue weighted by atomic mass is 16.5. The largest absolute Gasteiger partial charge is 0.491 e. The van der Waals surface area contributed by atoms with Crippen LogP contribution in [0.25, 0.3) is 11.2 Å². The molecule has 3 rings (SSSR count). The van der Waals surface area contributed by atoms with E-state index in [1.165, 1.54) is 16.2 Å². The van der Waals surface area contributed by atoms with Crippen molar-refractivity contribution in [2.45, 2.75) is 19.6 Å². The Labute approximate surface area is 148 Å². The molecule has 1 aromatic carbocycles. The van der Waals surface area contributed by atoms with Gasteiger partial charge in [-0.25, -0.2) is 4.79 Å². The second kappa shape index (κ2) is 7.04. The molecule has 0 spiro atoms. The number of aliphatic hydroxyl groups is 1. The van der Waals surface area contributed by atoms with Gasteiger partial charge in [0.2, 0.25) is 5.95 Å². The van der Waals surface area contributed by atoms with Gasteiger partial charge in [0.1, 0.15) is 18.5 Å². The molecule has 0 saturated carbocycles. The number of aromatic nitrogens is 4. The summed E-state index contributed by atoms with van der Waals surface area (Å²) in [6.45, 7) is 2.09. The summed E-state index contributed by atoms with van der Waals surface area (Å²) in [5, 5.41) is 13.2. The molecule has 3 N–H and O–H groups in total. The van der Waals surface area contributed by atoms with Gasteiger partial charge in [0, 0.05) is 14.1 Å². The maximum atomic E-state index is 12.2. The van der Waals surface area contributed by atoms with Crippen molar-refractivity contribution in [1.82, 2.24) is 19.1 Å². The number of imidazole rings is 1. The molecule has 3 aromatic rings. The summed E-state index contributed by atoms with van der Waals surface area (Å²) in [4.78, 5) is 30.5. The highest BCUT2D eigenvalue weighted by Gasteiger charge is 2.19. The number of fused-ring (bicyclic) bond motifs is 1. The van der Waals surface area contributed by atoms with Crippen molar-refractivity contribution < 1.29 is 9.84 Å². The van der Waals surface area contributed by atoms with Gasteiger partial charge in [0.15, 0.2) is 11.2 Å². The maximum absolute atomic E-state index is 12.2. The van der Waals surface area contributed by atoms with E-state index in [2.05, 4.69) is 15.3 Å². The monoisotopic (exact) mass is 359 g/mol. The molecule has 0 saturated heterocycles. The number of benzene rings is 1. The number of nitrogens with one attached hydrogen (secondary N) is 2. The number of H-pyrrole nitrogens is 1. The number of rotatable bonds is 6. The van der Waals surface area contributed by atoms with Crippen LogP contribution in [-0.2, 0) is 13.6 Å². The zero-order valence-electron chi connectivity index (χ0n) is 14.8. The predicted octanol–water partition coefficient (Wildman–Crippen LogP) is 0.213. The average molecular weight is 359 g/mol. The molecule has 0 aliphatic heterocycles. The summed E-state index contributed by atoms with van der Waals surface area (Å²) in [6.07, 6.45) is -0.878. The number of hydrogen-bond donors (Lipinski definition) is 3. The molecule has 0 amide bonds. The highest BCUT2D eigenvalue weighted by Crippen LogP contribution is 2.16. The predicted molar refractivity (Wildman–Crippen MR) is 97.8 cm³/mol. The maximum Gasteiger partial charge on any atom is 0.329 e. The van der Waals surface area contributed by atoms with Gasteiger partial charge in [-0.3, -0.25) is 14.3 Å². The molecule has 0 fully saturated rings. The van der Waals surface area contributed by atoms with E-state index in [1.54, 1.807) is 7.05 Å². The highest BCUT2D eigenvalue weighted by molar-refractivity contribution is 5.74. The molecule has 2 aromatic heterocycles. The Bertz CT molecular complexity index is 1050. The number of hydrogen-bond acceptors (Lipinski definition) is 6. The Morgan fingerprint density at radius 2 is 2.15 bits per heavy atom. The molecule has 9 nitrogen and oxygen atoms in total. The first kappa shape index (κ1) is 17.7. The van der Waals surface area contributed by atoms with Crippen LogP contribution in [0.1, 0.15) is 5.56 Å². The SMILES string of the molecule is CNc1nc2c(c(=O)[nH]c(=O)n2C)n1CC(O)COc1cccc(C)c1. The van der Waals surface area contributed by atoms with Crippen LogP contribution in [0.4, 0.5) is 5.95 Å². The molecule has 0 aliphatic carbocycles. The molecule has 0 bridgehead atoms. The van der Waals surface area contributed by atoms with Crippen molar-refractivity contribution in [2.24, 2.45) is 7.05 Å². The van der Waals surface area contributed by atoms with E-state index in [4.69, 9.17) is 4.74 Å². The van der Waals surface area contributed by atoms with Crippen molar-refractivity contribution in [1.29, 1.82) is 0 Å². The Kier molecular flexibility index (Phi) is 4.81. The smallest absolute Gasteiger partial charge is 0.329 e. The third-order valence-corrected chi connectivity index (χ3v) is 4.06. The van der Waals surface area contributed by atoms with Gasteiger partial charge in [-0.1, -0.05) is 12.1 Å². The van der Waals surface area contributed by atoms with Crippen LogP contribution in [0.15, 0.2) is 33.9 Å². The standard InChI is InChI=1S/C17H21N5O4/c1-10-5-4-6-12(7-10)26-9-11(23)8-22-13-14(19-16(22)18-2)21(3)17(25)20-15(13)24/h4-7,11,23H,8-9H2,1-3H3,(H,18,19)(H,20,24,25). The molecule has 0 radical (unpaired) electrons. The minimum atomic E-state index is -0.878. The first-order valence-electron chi connectivity index (χ1n) is 8.15. The van der Waals surface area contributed by atoms with Crippen LogP contribution in [0, 0.1) is 6.92 Å². The summed E-state index contributed by atoms with van der Waals surface area (Å²) < 4.78 is 8.40. The van der Waals surface area contributed by atoms with Gasteiger partial charge in [-0.05, 0) is 24.6 Å². The summed E-state index contributed by atoms with van der Waals surface area (Å²) in [5.74, 6) is 1.04. The van der Waals surface area contributed by atoms with Crippen molar-refractivity contribution >= 4 is 17.1 Å². The number of aromatic amines is 1. The molecule has 1 atom stereocenters. The van der Waals surface area contributed by atoms with E-state index >= 15 is 0 Å². The quantitative estimate of drug-likeness (QED) is 0.580. The summed E-state index contributed by atoms with van der Waals surface area (Å²) >= 11 is 0. The van der Waals surface area contributed by atoms with Crippen LogP contribution >= 0.6 is 0 Å². The minimum Gasteiger partial charge on any atom is -0.491 e. The molecule has 2 heterocycles. The van der Waals surface area contributed by atoms with Crippen molar-refractivity contribution in [3.05, 3.63) is 50.7 Å². The van der Waals surface area contributed by atoms with Gasteiger partial charge >= 0.3 is 5.69 Å². The Morgan fingerprint density at radius 1 is 1.38 bits per heavy atom. The molecule has 1 unspecified atom stereocenters. The lowest BCUT2D eigenvalue weighted by molar-refractivity contribution is 0.0938. The van der Waals surface area contributed by atoms with Crippen molar-refractivity contribution in [3.63, 3.8) is 0 Å². The lowest BCUT2D eigenvalue weighted by Crippen LogP contribution is -2.30. The van der Waals surface area contributed by atoms with Crippen molar-refractivity contribution in [3.8, 4) is 5.75 Å².